The number of hydrogen-bond donors (Lipinski definition) is 2. The van der Waals surface area contributed by atoms with Crippen LogP contribution in [0.25, 0.3) is 0 Å². The first-order valence-corrected chi connectivity index (χ1v) is 4.41. The van der Waals surface area contributed by atoms with Crippen molar-refractivity contribution in [2.24, 2.45) is 0 Å². The summed E-state index contributed by atoms with van der Waals surface area (Å²) in [5.41, 5.74) is 0. The summed E-state index contributed by atoms with van der Waals surface area (Å²) >= 11 is 5.33. The highest BCUT2D eigenvalue weighted by Gasteiger charge is 2.12. The van der Waals surface area contributed by atoms with Gasteiger partial charge in [0.2, 0.25) is 5.91 Å². The summed E-state index contributed by atoms with van der Waals surface area (Å²) < 4.78 is 0. The number of aromatic amines is 1. The molecule has 1 amide bonds. The van der Waals surface area contributed by atoms with Gasteiger partial charge < -0.3 is 5.32 Å². The molecule has 0 aromatic carbocycles. The Bertz CT molecular complexity index is 298. The molecule has 1 aromatic rings. The molecule has 0 aliphatic heterocycles. The second kappa shape index (κ2) is 4.23. The molecular weight excluding hydrogens is 192 g/mol. The van der Waals surface area contributed by atoms with Crippen molar-refractivity contribution in [1.82, 2.24) is 20.5 Å². The van der Waals surface area contributed by atoms with E-state index in [1.807, 2.05) is 0 Å². The van der Waals surface area contributed by atoms with E-state index in [4.69, 9.17) is 11.6 Å². The van der Waals surface area contributed by atoms with Crippen LogP contribution in [-0.2, 0) is 4.79 Å². The first-order chi connectivity index (χ1) is 6.13. The fraction of sp³-hybridized carbons (Fsp3) is 0.571. The molecule has 72 valence electrons. The SMILES string of the molecule is Cc1nc([C@@H](C)NC(=O)CCl)n[nH]1. The molecule has 2 N–H and O–H groups in total. The van der Waals surface area contributed by atoms with Crippen LogP contribution in [0.3, 0.4) is 0 Å². The van der Waals surface area contributed by atoms with Gasteiger partial charge in [0, 0.05) is 0 Å². The van der Waals surface area contributed by atoms with E-state index in [-0.39, 0.29) is 17.8 Å². The normalized spacial score (nSPS) is 12.5. The van der Waals surface area contributed by atoms with Crippen LogP contribution in [0.15, 0.2) is 0 Å². The van der Waals surface area contributed by atoms with E-state index >= 15 is 0 Å². The van der Waals surface area contributed by atoms with E-state index in [2.05, 4.69) is 20.5 Å². The van der Waals surface area contributed by atoms with Crippen molar-refractivity contribution in [1.29, 1.82) is 0 Å². The fourth-order valence-corrected chi connectivity index (χ4v) is 0.975. The van der Waals surface area contributed by atoms with E-state index < -0.39 is 0 Å². The summed E-state index contributed by atoms with van der Waals surface area (Å²) in [6.45, 7) is 3.60. The maximum absolute atomic E-state index is 10.9. The van der Waals surface area contributed by atoms with Crippen LogP contribution in [0.2, 0.25) is 0 Å². The molecule has 1 rings (SSSR count). The number of H-pyrrole nitrogens is 1. The van der Waals surface area contributed by atoms with Crippen LogP contribution >= 0.6 is 11.6 Å². The maximum atomic E-state index is 10.9. The zero-order valence-corrected chi connectivity index (χ0v) is 8.22. The summed E-state index contributed by atoms with van der Waals surface area (Å²) in [7, 11) is 0. The average molecular weight is 203 g/mol. The second-order valence-corrected chi connectivity index (χ2v) is 2.97. The average Bonchev–Trinajstić information content (AvgIpc) is 2.51. The minimum Gasteiger partial charge on any atom is -0.345 e. The van der Waals surface area contributed by atoms with Crippen LogP contribution in [0, 0.1) is 6.92 Å². The van der Waals surface area contributed by atoms with Gasteiger partial charge in [-0.25, -0.2) is 4.98 Å². The predicted molar refractivity (Wildman–Crippen MR) is 48.4 cm³/mol. The summed E-state index contributed by atoms with van der Waals surface area (Å²) in [6, 6.07) is -0.212. The highest BCUT2D eigenvalue weighted by molar-refractivity contribution is 6.27. The summed E-state index contributed by atoms with van der Waals surface area (Å²) in [4.78, 5) is 15.0. The van der Waals surface area contributed by atoms with Gasteiger partial charge in [-0.15, -0.1) is 11.6 Å². The molecule has 0 saturated carbocycles. The number of halogens is 1. The Kier molecular flexibility index (Phi) is 3.25. The summed E-state index contributed by atoms with van der Waals surface area (Å²) in [6.07, 6.45) is 0. The Balaban J connectivity index is 2.58. The molecule has 1 atom stereocenters. The van der Waals surface area contributed by atoms with Crippen molar-refractivity contribution in [3.8, 4) is 0 Å². The molecule has 0 aliphatic carbocycles. The van der Waals surface area contributed by atoms with Gasteiger partial charge in [0.25, 0.3) is 0 Å². The van der Waals surface area contributed by atoms with Crippen molar-refractivity contribution in [3.63, 3.8) is 0 Å². The molecule has 6 heteroatoms. The van der Waals surface area contributed by atoms with Gasteiger partial charge in [-0.05, 0) is 13.8 Å². The molecule has 0 spiro atoms. The number of rotatable bonds is 3. The molecule has 5 nitrogen and oxygen atoms in total. The number of aromatic nitrogens is 3. The van der Waals surface area contributed by atoms with Crippen molar-refractivity contribution in [3.05, 3.63) is 11.6 Å². The zero-order valence-electron chi connectivity index (χ0n) is 7.47. The van der Waals surface area contributed by atoms with Crippen LogP contribution in [-0.4, -0.2) is 27.0 Å². The largest absolute Gasteiger partial charge is 0.345 e. The number of carbonyl (C=O) groups excluding carboxylic acids is 1. The number of nitrogens with zero attached hydrogens (tertiary/aromatic N) is 2. The molecule has 0 aliphatic rings. The van der Waals surface area contributed by atoms with E-state index in [0.717, 1.165) is 5.82 Å². The molecule has 0 saturated heterocycles. The maximum Gasteiger partial charge on any atom is 0.235 e. The van der Waals surface area contributed by atoms with E-state index in [0.29, 0.717) is 5.82 Å². The molecular formula is C7H11ClN4O. The number of carbonyl (C=O) groups is 1. The van der Waals surface area contributed by atoms with Crippen molar-refractivity contribution in [2.45, 2.75) is 19.9 Å². The Labute approximate surface area is 80.9 Å². The van der Waals surface area contributed by atoms with Gasteiger partial charge in [0.05, 0.1) is 6.04 Å². The van der Waals surface area contributed by atoms with Crippen LogP contribution in [0.5, 0.6) is 0 Å². The molecule has 13 heavy (non-hydrogen) atoms. The highest BCUT2D eigenvalue weighted by Crippen LogP contribution is 2.05. The van der Waals surface area contributed by atoms with E-state index in [9.17, 15) is 4.79 Å². The van der Waals surface area contributed by atoms with Gasteiger partial charge in [-0.1, -0.05) is 0 Å². The van der Waals surface area contributed by atoms with Crippen LogP contribution in [0.1, 0.15) is 24.6 Å². The van der Waals surface area contributed by atoms with Crippen molar-refractivity contribution in [2.75, 3.05) is 5.88 Å². The Morgan fingerprint density at radius 2 is 2.46 bits per heavy atom. The zero-order chi connectivity index (χ0) is 9.84. The molecule has 0 bridgehead atoms. The number of amides is 1. The van der Waals surface area contributed by atoms with Crippen molar-refractivity contribution >= 4 is 17.5 Å². The minimum absolute atomic E-state index is 0.0479. The highest BCUT2D eigenvalue weighted by atomic mass is 35.5. The lowest BCUT2D eigenvalue weighted by Crippen LogP contribution is -2.28. The number of aryl methyl sites for hydroxylation is 1. The van der Waals surface area contributed by atoms with Gasteiger partial charge in [0.15, 0.2) is 5.82 Å². The van der Waals surface area contributed by atoms with Crippen LogP contribution in [0.4, 0.5) is 0 Å². The quantitative estimate of drug-likeness (QED) is 0.703. The predicted octanol–water partition coefficient (Wildman–Crippen LogP) is 0.529. The third-order valence-electron chi connectivity index (χ3n) is 1.50. The molecule has 1 heterocycles. The van der Waals surface area contributed by atoms with Gasteiger partial charge in [-0.2, -0.15) is 5.10 Å². The monoisotopic (exact) mass is 202 g/mol. The number of hydrogen-bond acceptors (Lipinski definition) is 3. The smallest absolute Gasteiger partial charge is 0.235 e. The Morgan fingerprint density at radius 1 is 1.77 bits per heavy atom. The minimum atomic E-state index is -0.225. The third kappa shape index (κ3) is 2.69. The third-order valence-corrected chi connectivity index (χ3v) is 1.74. The lowest BCUT2D eigenvalue weighted by molar-refractivity contribution is -0.119. The molecule has 1 aromatic heterocycles. The van der Waals surface area contributed by atoms with Gasteiger partial charge >= 0.3 is 0 Å². The first kappa shape index (κ1) is 9.98. The van der Waals surface area contributed by atoms with Crippen LogP contribution < -0.4 is 5.32 Å². The van der Waals surface area contributed by atoms with Gasteiger partial charge in [0.1, 0.15) is 11.7 Å². The first-order valence-electron chi connectivity index (χ1n) is 3.87. The number of nitrogens with one attached hydrogen (secondary N) is 2. The second-order valence-electron chi connectivity index (χ2n) is 2.70. The molecule has 0 unspecified atom stereocenters. The number of alkyl halides is 1. The summed E-state index contributed by atoms with van der Waals surface area (Å²) in [5.74, 6) is 1.02. The van der Waals surface area contributed by atoms with Crippen molar-refractivity contribution < 1.29 is 4.79 Å². The Morgan fingerprint density at radius 3 is 2.92 bits per heavy atom. The summed E-state index contributed by atoms with van der Waals surface area (Å²) in [5, 5.41) is 9.25. The molecule has 0 fully saturated rings. The standard InChI is InChI=1S/C7H11ClN4O/c1-4(9-6(13)3-8)7-10-5(2)11-12-7/h4H,3H2,1-2H3,(H,9,13)(H,10,11,12)/t4-/m1/s1. The van der Waals surface area contributed by atoms with Gasteiger partial charge in [-0.3, -0.25) is 9.89 Å². The Hall–Kier alpha value is -1.10. The lowest BCUT2D eigenvalue weighted by Gasteiger charge is -2.07. The topological polar surface area (TPSA) is 70.7 Å². The molecule has 0 radical (unpaired) electrons. The fourth-order valence-electron chi connectivity index (χ4n) is 0.898. The van der Waals surface area contributed by atoms with E-state index in [1.165, 1.54) is 0 Å². The van der Waals surface area contributed by atoms with E-state index in [1.54, 1.807) is 13.8 Å². The lowest BCUT2D eigenvalue weighted by atomic mass is 10.3.